The molecule has 2 heterocycles. The van der Waals surface area contributed by atoms with Crippen molar-refractivity contribution in [1.29, 1.82) is 0 Å². The summed E-state index contributed by atoms with van der Waals surface area (Å²) in [6, 6.07) is 0.880. The first kappa shape index (κ1) is 10.0. The number of hydrogen-bond acceptors (Lipinski definition) is 2. The van der Waals surface area contributed by atoms with Gasteiger partial charge >= 0.3 is 0 Å². The van der Waals surface area contributed by atoms with E-state index in [4.69, 9.17) is 0 Å². The summed E-state index contributed by atoms with van der Waals surface area (Å²) >= 11 is 0. The van der Waals surface area contributed by atoms with E-state index in [2.05, 4.69) is 23.9 Å². The van der Waals surface area contributed by atoms with Gasteiger partial charge in [0.15, 0.2) is 0 Å². The minimum Gasteiger partial charge on any atom is -0.304 e. The van der Waals surface area contributed by atoms with E-state index in [1.807, 2.05) is 13.8 Å². The normalized spacial score (nSPS) is 36.0. The molecule has 2 aliphatic rings. The average Bonchev–Trinajstić information content (AvgIpc) is 2.58. The fraction of sp³-hybridized carbons (Fsp3) is 1.00. The molecule has 72 valence electrons. The Kier molecular flexibility index (Phi) is 3.53. The predicted octanol–water partition coefficient (Wildman–Crippen LogP) is 1.28. The lowest BCUT2D eigenvalue weighted by atomic mass is 10.1. The SMILES string of the molecule is CC.CN1CC2CCN(C)C2C1. The molecule has 2 unspecified atom stereocenters. The highest BCUT2D eigenvalue weighted by Crippen LogP contribution is 2.28. The molecular formula is C10H22N2. The molecule has 0 saturated carbocycles. The number of hydrogen-bond donors (Lipinski definition) is 0. The van der Waals surface area contributed by atoms with Crippen LogP contribution in [0.2, 0.25) is 0 Å². The van der Waals surface area contributed by atoms with Crippen LogP contribution in [0.15, 0.2) is 0 Å². The molecule has 0 aromatic carbocycles. The van der Waals surface area contributed by atoms with Crippen LogP contribution < -0.4 is 0 Å². The smallest absolute Gasteiger partial charge is 0.0260 e. The van der Waals surface area contributed by atoms with Crippen molar-refractivity contribution in [2.75, 3.05) is 33.7 Å². The Balaban J connectivity index is 0.000000336. The molecule has 0 bridgehead atoms. The van der Waals surface area contributed by atoms with Crippen molar-refractivity contribution in [3.63, 3.8) is 0 Å². The highest BCUT2D eigenvalue weighted by Gasteiger charge is 2.37. The van der Waals surface area contributed by atoms with E-state index in [9.17, 15) is 0 Å². The Labute approximate surface area is 76.5 Å². The summed E-state index contributed by atoms with van der Waals surface area (Å²) in [5, 5.41) is 0. The summed E-state index contributed by atoms with van der Waals surface area (Å²) in [6.45, 7) is 7.94. The highest BCUT2D eigenvalue weighted by molar-refractivity contribution is 4.93. The molecule has 2 rings (SSSR count). The van der Waals surface area contributed by atoms with Gasteiger partial charge in [0.25, 0.3) is 0 Å². The standard InChI is InChI=1S/C8H16N2.C2H6/c1-9-5-7-3-4-10(2)8(7)6-9;1-2/h7-8H,3-6H2,1-2H3;1-2H3. The molecule has 12 heavy (non-hydrogen) atoms. The summed E-state index contributed by atoms with van der Waals surface area (Å²) < 4.78 is 0. The van der Waals surface area contributed by atoms with Gasteiger partial charge in [0.2, 0.25) is 0 Å². The van der Waals surface area contributed by atoms with Gasteiger partial charge in [-0.05, 0) is 33.0 Å². The lowest BCUT2D eigenvalue weighted by Gasteiger charge is -2.17. The molecule has 0 aromatic heterocycles. The quantitative estimate of drug-likeness (QED) is 0.540. The van der Waals surface area contributed by atoms with Crippen LogP contribution in [0.1, 0.15) is 20.3 Å². The second kappa shape index (κ2) is 4.24. The van der Waals surface area contributed by atoms with Gasteiger partial charge < -0.3 is 9.80 Å². The van der Waals surface area contributed by atoms with Gasteiger partial charge in [-0.2, -0.15) is 0 Å². The number of rotatable bonds is 0. The maximum Gasteiger partial charge on any atom is 0.0260 e. The largest absolute Gasteiger partial charge is 0.304 e. The van der Waals surface area contributed by atoms with Crippen molar-refractivity contribution in [3.8, 4) is 0 Å². The Morgan fingerprint density at radius 3 is 2.33 bits per heavy atom. The molecule has 2 aliphatic heterocycles. The van der Waals surface area contributed by atoms with Crippen molar-refractivity contribution in [1.82, 2.24) is 9.80 Å². The second-order valence-electron chi connectivity index (χ2n) is 3.82. The minimum atomic E-state index is 0.880. The molecule has 2 saturated heterocycles. The van der Waals surface area contributed by atoms with E-state index < -0.39 is 0 Å². The highest BCUT2D eigenvalue weighted by atomic mass is 15.3. The molecule has 2 atom stereocenters. The molecule has 2 fully saturated rings. The number of fused-ring (bicyclic) bond motifs is 1. The van der Waals surface area contributed by atoms with Crippen LogP contribution in [-0.2, 0) is 0 Å². The third-order valence-electron chi connectivity index (χ3n) is 3.01. The van der Waals surface area contributed by atoms with Crippen LogP contribution in [0.4, 0.5) is 0 Å². The molecule has 0 amide bonds. The van der Waals surface area contributed by atoms with Gasteiger partial charge in [-0.3, -0.25) is 0 Å². The van der Waals surface area contributed by atoms with Gasteiger partial charge in [-0.15, -0.1) is 0 Å². The maximum absolute atomic E-state index is 2.51. The number of likely N-dealkylation sites (tertiary alicyclic amines) is 2. The van der Waals surface area contributed by atoms with Crippen molar-refractivity contribution in [2.24, 2.45) is 5.92 Å². The van der Waals surface area contributed by atoms with E-state index in [-0.39, 0.29) is 0 Å². The topological polar surface area (TPSA) is 6.48 Å². The van der Waals surface area contributed by atoms with Crippen LogP contribution >= 0.6 is 0 Å². The van der Waals surface area contributed by atoms with Gasteiger partial charge in [0, 0.05) is 19.1 Å². The predicted molar refractivity (Wildman–Crippen MR) is 53.4 cm³/mol. The Hall–Kier alpha value is -0.0800. The third-order valence-corrected chi connectivity index (χ3v) is 3.01. The van der Waals surface area contributed by atoms with Crippen molar-refractivity contribution in [3.05, 3.63) is 0 Å². The molecule has 2 nitrogen and oxygen atoms in total. The van der Waals surface area contributed by atoms with E-state index in [0.29, 0.717) is 0 Å². The molecular weight excluding hydrogens is 148 g/mol. The molecule has 2 heteroatoms. The van der Waals surface area contributed by atoms with Crippen molar-refractivity contribution < 1.29 is 0 Å². The summed E-state index contributed by atoms with van der Waals surface area (Å²) in [4.78, 5) is 4.96. The molecule has 0 spiro atoms. The lowest BCUT2D eigenvalue weighted by molar-refractivity contribution is 0.282. The number of nitrogens with zero attached hydrogens (tertiary/aromatic N) is 2. The first-order valence-electron chi connectivity index (χ1n) is 5.16. The van der Waals surface area contributed by atoms with E-state index in [1.54, 1.807) is 0 Å². The second-order valence-corrected chi connectivity index (χ2v) is 3.82. The first-order valence-corrected chi connectivity index (χ1v) is 5.16. The van der Waals surface area contributed by atoms with E-state index in [0.717, 1.165) is 12.0 Å². The minimum absolute atomic E-state index is 0.880. The van der Waals surface area contributed by atoms with Crippen LogP contribution in [0, 0.1) is 5.92 Å². The monoisotopic (exact) mass is 170 g/mol. The van der Waals surface area contributed by atoms with Gasteiger partial charge in [-0.1, -0.05) is 13.8 Å². The number of likely N-dealkylation sites (N-methyl/N-ethyl adjacent to an activating group) is 2. The molecule has 0 aromatic rings. The molecule has 0 radical (unpaired) electrons. The van der Waals surface area contributed by atoms with Gasteiger partial charge in [-0.25, -0.2) is 0 Å². The Bertz CT molecular complexity index is 136. The van der Waals surface area contributed by atoms with E-state index >= 15 is 0 Å². The zero-order valence-corrected chi connectivity index (χ0v) is 8.88. The van der Waals surface area contributed by atoms with Crippen LogP contribution in [0.3, 0.4) is 0 Å². The summed E-state index contributed by atoms with van der Waals surface area (Å²) in [6.07, 6.45) is 1.42. The summed E-state index contributed by atoms with van der Waals surface area (Å²) in [5.74, 6) is 0.981. The van der Waals surface area contributed by atoms with Crippen LogP contribution in [0.5, 0.6) is 0 Å². The van der Waals surface area contributed by atoms with Crippen molar-refractivity contribution >= 4 is 0 Å². The summed E-state index contributed by atoms with van der Waals surface area (Å²) in [7, 11) is 4.48. The zero-order valence-electron chi connectivity index (χ0n) is 8.88. The van der Waals surface area contributed by atoms with E-state index in [1.165, 1.54) is 26.1 Å². The zero-order chi connectivity index (χ0) is 9.14. The first-order chi connectivity index (χ1) is 5.77. The fourth-order valence-electron chi connectivity index (χ4n) is 2.38. The summed E-state index contributed by atoms with van der Waals surface area (Å²) in [5.41, 5.74) is 0. The third kappa shape index (κ3) is 1.80. The maximum atomic E-state index is 2.51. The van der Waals surface area contributed by atoms with Gasteiger partial charge in [0.05, 0.1) is 0 Å². The average molecular weight is 170 g/mol. The fourth-order valence-corrected chi connectivity index (χ4v) is 2.38. The van der Waals surface area contributed by atoms with Crippen LogP contribution in [0.25, 0.3) is 0 Å². The molecule has 0 aliphatic carbocycles. The molecule has 0 N–H and O–H groups in total. The van der Waals surface area contributed by atoms with Gasteiger partial charge in [0.1, 0.15) is 0 Å². The van der Waals surface area contributed by atoms with Crippen LogP contribution in [-0.4, -0.2) is 49.6 Å². The Morgan fingerprint density at radius 2 is 1.75 bits per heavy atom. The Morgan fingerprint density at radius 1 is 1.08 bits per heavy atom. The lowest BCUT2D eigenvalue weighted by Crippen LogP contribution is -2.30. The van der Waals surface area contributed by atoms with Crippen molar-refractivity contribution in [2.45, 2.75) is 26.3 Å².